The second-order valence-corrected chi connectivity index (χ2v) is 4.48. The maximum absolute atomic E-state index is 13.3. The summed E-state index contributed by atoms with van der Waals surface area (Å²) in [5, 5.41) is 1.11. The van der Waals surface area contributed by atoms with Crippen LogP contribution >= 0.6 is 15.9 Å². The van der Waals surface area contributed by atoms with Crippen molar-refractivity contribution in [1.82, 2.24) is 0 Å². The van der Waals surface area contributed by atoms with Gasteiger partial charge in [-0.1, -0.05) is 15.9 Å². The first-order valence-corrected chi connectivity index (χ1v) is 5.39. The fraction of sp³-hybridized carbons (Fsp3) is 0. The Hall–Kier alpha value is -1.55. The molecule has 0 aromatic heterocycles. The molecule has 1 aliphatic carbocycles. The van der Waals surface area contributed by atoms with Crippen LogP contribution in [0, 0.1) is 5.82 Å². The summed E-state index contributed by atoms with van der Waals surface area (Å²) in [6.07, 6.45) is 0. The van der Waals surface area contributed by atoms with Crippen LogP contribution in [0.1, 0.15) is 20.7 Å². The number of benzene rings is 2. The van der Waals surface area contributed by atoms with E-state index in [-0.39, 0.29) is 5.56 Å². The van der Waals surface area contributed by atoms with E-state index in [0.717, 1.165) is 6.07 Å². The highest BCUT2D eigenvalue weighted by Crippen LogP contribution is 2.35. The summed E-state index contributed by atoms with van der Waals surface area (Å²) in [7, 11) is 0. The van der Waals surface area contributed by atoms with Crippen LogP contribution in [0.3, 0.4) is 0 Å². The zero-order valence-corrected chi connectivity index (χ0v) is 9.47. The minimum Gasteiger partial charge on any atom is -0.285 e. The number of carbonyl (C=O) groups is 2. The molecule has 16 heavy (non-hydrogen) atoms. The molecule has 1 aliphatic rings. The number of carbonyl (C=O) groups excluding carboxylic acids is 2. The van der Waals surface area contributed by atoms with Crippen LogP contribution in [-0.4, -0.2) is 11.6 Å². The minimum atomic E-state index is -0.627. The normalized spacial score (nSPS) is 13.9. The lowest BCUT2D eigenvalue weighted by Gasteiger charge is -2.02. The molecule has 78 valence electrons. The Labute approximate surface area is 98.2 Å². The number of hydrogen-bond donors (Lipinski definition) is 0. The van der Waals surface area contributed by atoms with E-state index in [0.29, 0.717) is 20.8 Å². The quantitative estimate of drug-likeness (QED) is 0.694. The van der Waals surface area contributed by atoms with Gasteiger partial charge in [-0.3, -0.25) is 9.59 Å². The molecular weight excluding hydrogens is 275 g/mol. The van der Waals surface area contributed by atoms with Gasteiger partial charge < -0.3 is 0 Å². The van der Waals surface area contributed by atoms with Crippen molar-refractivity contribution in [2.45, 2.75) is 0 Å². The van der Waals surface area contributed by atoms with Gasteiger partial charge in [0.2, 0.25) is 11.6 Å². The Bertz CT molecular complexity index is 676. The topological polar surface area (TPSA) is 34.1 Å². The lowest BCUT2D eigenvalue weighted by molar-refractivity contribution is 0.0825. The molecular formula is C12H4BrFO2. The third-order valence-electron chi connectivity index (χ3n) is 2.72. The molecule has 0 aliphatic heterocycles. The molecule has 0 spiro atoms. The third kappa shape index (κ3) is 1.05. The van der Waals surface area contributed by atoms with Crippen LogP contribution in [0.15, 0.2) is 28.7 Å². The van der Waals surface area contributed by atoms with Crippen LogP contribution < -0.4 is 0 Å². The zero-order chi connectivity index (χ0) is 11.4. The van der Waals surface area contributed by atoms with Gasteiger partial charge in [0.05, 0.1) is 0 Å². The maximum atomic E-state index is 13.3. The summed E-state index contributed by atoms with van der Waals surface area (Å²) in [5.74, 6) is -1.70. The standard InChI is InChI=1S/C12H4BrFO2/c13-9-2-1-6-10-7(9)3-5(14)4-8(10)12(16)11(6)15/h1-4H. The van der Waals surface area contributed by atoms with Gasteiger partial charge in [0.25, 0.3) is 0 Å². The number of hydrogen-bond acceptors (Lipinski definition) is 2. The largest absolute Gasteiger partial charge is 0.285 e. The minimum absolute atomic E-state index is 0.163. The summed E-state index contributed by atoms with van der Waals surface area (Å²) in [6, 6.07) is 5.67. The molecule has 0 saturated heterocycles. The molecule has 0 radical (unpaired) electrons. The van der Waals surface area contributed by atoms with E-state index >= 15 is 0 Å². The van der Waals surface area contributed by atoms with Crippen molar-refractivity contribution < 1.29 is 14.0 Å². The fourth-order valence-corrected chi connectivity index (χ4v) is 2.47. The lowest BCUT2D eigenvalue weighted by Crippen LogP contribution is -2.06. The molecule has 2 aromatic carbocycles. The van der Waals surface area contributed by atoms with Crippen molar-refractivity contribution in [2.75, 3.05) is 0 Å². The van der Waals surface area contributed by atoms with Crippen molar-refractivity contribution in [3.8, 4) is 0 Å². The van der Waals surface area contributed by atoms with Gasteiger partial charge in [-0.05, 0) is 24.3 Å². The number of Topliss-reactive ketones (excluding diaryl/α,β-unsaturated/α-hetero) is 2. The molecule has 0 heterocycles. The zero-order valence-electron chi connectivity index (χ0n) is 7.88. The SMILES string of the molecule is O=C1C(=O)c2cc(F)cc3c(Br)ccc1c23. The molecule has 0 unspecified atom stereocenters. The molecule has 0 atom stereocenters. The molecule has 0 saturated carbocycles. The third-order valence-corrected chi connectivity index (χ3v) is 3.41. The molecule has 2 nitrogen and oxygen atoms in total. The van der Waals surface area contributed by atoms with Crippen LogP contribution in [0.4, 0.5) is 4.39 Å². The Kier molecular flexibility index (Phi) is 1.80. The highest BCUT2D eigenvalue weighted by molar-refractivity contribution is 9.10. The first-order valence-electron chi connectivity index (χ1n) is 4.60. The first-order chi connectivity index (χ1) is 7.59. The Morgan fingerprint density at radius 2 is 1.69 bits per heavy atom. The van der Waals surface area contributed by atoms with Gasteiger partial charge >= 0.3 is 0 Å². The molecule has 0 amide bonds. The van der Waals surface area contributed by atoms with Crippen LogP contribution in [0.5, 0.6) is 0 Å². The van der Waals surface area contributed by atoms with Crippen LogP contribution in [0.25, 0.3) is 10.8 Å². The van der Waals surface area contributed by atoms with Crippen molar-refractivity contribution in [3.63, 3.8) is 0 Å². The lowest BCUT2D eigenvalue weighted by atomic mass is 10.0. The predicted molar refractivity (Wildman–Crippen MR) is 60.3 cm³/mol. The summed E-state index contributed by atoms with van der Waals surface area (Å²) in [4.78, 5) is 23.2. The molecule has 4 heteroatoms. The molecule has 2 aromatic rings. The van der Waals surface area contributed by atoms with Crippen LogP contribution in [-0.2, 0) is 0 Å². The number of halogens is 2. The van der Waals surface area contributed by atoms with Crippen molar-refractivity contribution in [1.29, 1.82) is 0 Å². The highest BCUT2D eigenvalue weighted by atomic mass is 79.9. The van der Waals surface area contributed by atoms with Gasteiger partial charge in [0, 0.05) is 26.4 Å². The van der Waals surface area contributed by atoms with Gasteiger partial charge in [-0.15, -0.1) is 0 Å². The van der Waals surface area contributed by atoms with E-state index < -0.39 is 17.4 Å². The van der Waals surface area contributed by atoms with E-state index in [1.807, 2.05) is 0 Å². The molecule has 3 rings (SSSR count). The van der Waals surface area contributed by atoms with Gasteiger partial charge in [-0.2, -0.15) is 0 Å². The average molecular weight is 279 g/mol. The second kappa shape index (κ2) is 2.98. The van der Waals surface area contributed by atoms with Crippen molar-refractivity contribution in [2.24, 2.45) is 0 Å². The van der Waals surface area contributed by atoms with Gasteiger partial charge in [0.1, 0.15) is 5.82 Å². The van der Waals surface area contributed by atoms with Gasteiger partial charge in [0.15, 0.2) is 0 Å². The monoisotopic (exact) mass is 278 g/mol. The van der Waals surface area contributed by atoms with Crippen LogP contribution in [0.2, 0.25) is 0 Å². The summed E-state index contributed by atoms with van der Waals surface area (Å²) < 4.78 is 14.0. The smallest absolute Gasteiger partial charge is 0.234 e. The molecule has 0 N–H and O–H groups in total. The molecule has 0 fully saturated rings. The summed E-state index contributed by atoms with van der Waals surface area (Å²) in [6.45, 7) is 0. The first kappa shape index (κ1) is 9.66. The van der Waals surface area contributed by atoms with E-state index in [9.17, 15) is 14.0 Å². The Morgan fingerprint density at radius 3 is 2.44 bits per heavy atom. The van der Waals surface area contributed by atoms with Gasteiger partial charge in [-0.25, -0.2) is 4.39 Å². The maximum Gasteiger partial charge on any atom is 0.234 e. The fourth-order valence-electron chi connectivity index (χ4n) is 2.03. The number of ketones is 2. The highest BCUT2D eigenvalue weighted by Gasteiger charge is 2.31. The second-order valence-electron chi connectivity index (χ2n) is 3.63. The summed E-state index contributed by atoms with van der Waals surface area (Å²) in [5.41, 5.74) is 0.523. The summed E-state index contributed by atoms with van der Waals surface area (Å²) >= 11 is 3.28. The van der Waals surface area contributed by atoms with E-state index in [1.54, 1.807) is 12.1 Å². The average Bonchev–Trinajstić information content (AvgIpc) is 2.49. The van der Waals surface area contributed by atoms with E-state index in [2.05, 4.69) is 15.9 Å². The predicted octanol–water partition coefficient (Wildman–Crippen LogP) is 3.12. The Morgan fingerprint density at radius 1 is 1.00 bits per heavy atom. The Balaban J connectivity index is 2.61. The van der Waals surface area contributed by atoms with Crippen molar-refractivity contribution >= 4 is 38.3 Å². The van der Waals surface area contributed by atoms with E-state index in [1.165, 1.54) is 6.07 Å². The number of rotatable bonds is 0. The van der Waals surface area contributed by atoms with Crippen molar-refractivity contribution in [3.05, 3.63) is 45.7 Å². The van der Waals surface area contributed by atoms with E-state index in [4.69, 9.17) is 0 Å². The molecule has 0 bridgehead atoms.